The first-order chi connectivity index (χ1) is 8.44. The zero-order chi connectivity index (χ0) is 13.6. The van der Waals surface area contributed by atoms with Crippen molar-refractivity contribution < 1.29 is 0 Å². The van der Waals surface area contributed by atoms with Crippen LogP contribution in [0.3, 0.4) is 0 Å². The van der Waals surface area contributed by atoms with Crippen molar-refractivity contribution in [2.75, 3.05) is 46.8 Å². The van der Waals surface area contributed by atoms with Crippen LogP contribution >= 0.6 is 0 Å². The number of nitrogens with zero attached hydrogens (tertiary/aromatic N) is 2. The molecule has 0 aromatic heterocycles. The molecule has 18 heavy (non-hydrogen) atoms. The van der Waals surface area contributed by atoms with E-state index in [0.717, 1.165) is 19.1 Å². The second-order valence-electron chi connectivity index (χ2n) is 6.81. The third kappa shape index (κ3) is 5.68. The Morgan fingerprint density at radius 2 is 2.11 bits per heavy atom. The van der Waals surface area contributed by atoms with Crippen LogP contribution in [0.4, 0.5) is 0 Å². The Hall–Kier alpha value is -0.120. The second kappa shape index (κ2) is 7.46. The lowest BCUT2D eigenvalue weighted by molar-refractivity contribution is 0.163. The minimum Gasteiger partial charge on any atom is -0.316 e. The van der Waals surface area contributed by atoms with E-state index in [1.165, 1.54) is 38.9 Å². The van der Waals surface area contributed by atoms with Gasteiger partial charge >= 0.3 is 0 Å². The molecule has 0 amide bonds. The number of likely N-dealkylation sites (N-methyl/N-ethyl adjacent to an activating group) is 2. The molecule has 1 fully saturated rings. The number of likely N-dealkylation sites (tertiary alicyclic amines) is 1. The van der Waals surface area contributed by atoms with Crippen LogP contribution in [0, 0.1) is 5.41 Å². The molecule has 1 heterocycles. The average molecular weight is 255 g/mol. The topological polar surface area (TPSA) is 18.5 Å². The number of nitrogens with one attached hydrogen (secondary N) is 1. The molecule has 1 atom stereocenters. The summed E-state index contributed by atoms with van der Waals surface area (Å²) >= 11 is 0. The van der Waals surface area contributed by atoms with E-state index >= 15 is 0 Å². The van der Waals surface area contributed by atoms with Crippen LogP contribution in [0.2, 0.25) is 0 Å². The predicted molar refractivity (Wildman–Crippen MR) is 80.1 cm³/mol. The van der Waals surface area contributed by atoms with Crippen molar-refractivity contribution in [1.82, 2.24) is 15.1 Å². The van der Waals surface area contributed by atoms with Crippen molar-refractivity contribution in [3.63, 3.8) is 0 Å². The van der Waals surface area contributed by atoms with Gasteiger partial charge in [0.25, 0.3) is 0 Å². The van der Waals surface area contributed by atoms with E-state index in [1.54, 1.807) is 0 Å². The minimum atomic E-state index is 0.362. The largest absolute Gasteiger partial charge is 0.316 e. The SMILES string of the molecule is CCCNCC(C)(C)CN(C)CC1CCCN1C. The first-order valence-electron chi connectivity index (χ1n) is 7.54. The molecule has 3 heteroatoms. The van der Waals surface area contributed by atoms with Gasteiger partial charge in [-0.3, -0.25) is 0 Å². The third-order valence-corrected chi connectivity index (χ3v) is 3.92. The smallest absolute Gasteiger partial charge is 0.0220 e. The molecule has 0 aliphatic carbocycles. The van der Waals surface area contributed by atoms with Crippen LogP contribution < -0.4 is 5.32 Å². The molecule has 108 valence electrons. The van der Waals surface area contributed by atoms with E-state index in [1.807, 2.05) is 0 Å². The monoisotopic (exact) mass is 255 g/mol. The molecule has 0 spiro atoms. The lowest BCUT2D eigenvalue weighted by atomic mass is 9.92. The summed E-state index contributed by atoms with van der Waals surface area (Å²) in [6.07, 6.45) is 3.96. The van der Waals surface area contributed by atoms with E-state index in [9.17, 15) is 0 Å². The molecule has 3 nitrogen and oxygen atoms in total. The predicted octanol–water partition coefficient (Wildman–Crippen LogP) is 2.04. The average Bonchev–Trinajstić information content (AvgIpc) is 2.63. The Morgan fingerprint density at radius 3 is 2.67 bits per heavy atom. The lowest BCUT2D eigenvalue weighted by Gasteiger charge is -2.33. The highest BCUT2D eigenvalue weighted by molar-refractivity contribution is 4.81. The van der Waals surface area contributed by atoms with E-state index < -0.39 is 0 Å². The van der Waals surface area contributed by atoms with Gasteiger partial charge in [-0.05, 0) is 51.9 Å². The Morgan fingerprint density at radius 1 is 1.39 bits per heavy atom. The van der Waals surface area contributed by atoms with Crippen molar-refractivity contribution in [3.8, 4) is 0 Å². The molecule has 1 rings (SSSR count). The highest BCUT2D eigenvalue weighted by Crippen LogP contribution is 2.19. The number of hydrogen-bond acceptors (Lipinski definition) is 3. The molecule has 1 N–H and O–H groups in total. The highest BCUT2D eigenvalue weighted by atomic mass is 15.2. The number of hydrogen-bond donors (Lipinski definition) is 1. The van der Waals surface area contributed by atoms with Gasteiger partial charge in [0.05, 0.1) is 0 Å². The Kier molecular flexibility index (Phi) is 6.61. The Bertz CT molecular complexity index is 228. The van der Waals surface area contributed by atoms with Gasteiger partial charge < -0.3 is 15.1 Å². The maximum absolute atomic E-state index is 3.55. The summed E-state index contributed by atoms with van der Waals surface area (Å²) in [6, 6.07) is 0.773. The summed E-state index contributed by atoms with van der Waals surface area (Å²) < 4.78 is 0. The van der Waals surface area contributed by atoms with Gasteiger partial charge in [0.2, 0.25) is 0 Å². The zero-order valence-electron chi connectivity index (χ0n) is 13.1. The molecule has 0 radical (unpaired) electrons. The maximum Gasteiger partial charge on any atom is 0.0220 e. The number of rotatable bonds is 8. The van der Waals surface area contributed by atoms with Crippen LogP contribution in [0.5, 0.6) is 0 Å². The van der Waals surface area contributed by atoms with Gasteiger partial charge in [-0.2, -0.15) is 0 Å². The van der Waals surface area contributed by atoms with Crippen molar-refractivity contribution >= 4 is 0 Å². The first-order valence-corrected chi connectivity index (χ1v) is 7.54. The fourth-order valence-electron chi connectivity index (χ4n) is 3.02. The van der Waals surface area contributed by atoms with E-state index in [0.29, 0.717) is 5.41 Å². The molecule has 1 aliphatic heterocycles. The summed E-state index contributed by atoms with van der Waals surface area (Å²) in [5.74, 6) is 0. The van der Waals surface area contributed by atoms with Gasteiger partial charge in [0.15, 0.2) is 0 Å². The third-order valence-electron chi connectivity index (χ3n) is 3.92. The van der Waals surface area contributed by atoms with Crippen LogP contribution in [0.15, 0.2) is 0 Å². The summed E-state index contributed by atoms with van der Waals surface area (Å²) in [4.78, 5) is 5.03. The van der Waals surface area contributed by atoms with E-state index in [2.05, 4.69) is 50.0 Å². The van der Waals surface area contributed by atoms with E-state index in [-0.39, 0.29) is 0 Å². The van der Waals surface area contributed by atoms with Crippen molar-refractivity contribution in [2.24, 2.45) is 5.41 Å². The zero-order valence-corrected chi connectivity index (χ0v) is 13.1. The Balaban J connectivity index is 2.26. The normalized spacial score (nSPS) is 22.0. The van der Waals surface area contributed by atoms with E-state index in [4.69, 9.17) is 0 Å². The Labute approximate surface area is 114 Å². The quantitative estimate of drug-likeness (QED) is 0.670. The van der Waals surface area contributed by atoms with Crippen LogP contribution in [-0.2, 0) is 0 Å². The molecule has 1 unspecified atom stereocenters. The van der Waals surface area contributed by atoms with Crippen LogP contribution in [-0.4, -0.2) is 62.7 Å². The fraction of sp³-hybridized carbons (Fsp3) is 1.00. The van der Waals surface area contributed by atoms with Crippen LogP contribution in [0.1, 0.15) is 40.0 Å². The molecule has 1 aliphatic rings. The standard InChI is InChI=1S/C15H33N3/c1-6-9-16-12-15(2,3)13-17(4)11-14-8-7-10-18(14)5/h14,16H,6-13H2,1-5H3. The molecule has 0 bridgehead atoms. The molecule has 0 aromatic rings. The second-order valence-corrected chi connectivity index (χ2v) is 6.81. The molecule has 1 saturated heterocycles. The van der Waals surface area contributed by atoms with Gasteiger partial charge in [-0.25, -0.2) is 0 Å². The first kappa shape index (κ1) is 15.9. The van der Waals surface area contributed by atoms with Crippen molar-refractivity contribution in [1.29, 1.82) is 0 Å². The van der Waals surface area contributed by atoms with Gasteiger partial charge in [-0.15, -0.1) is 0 Å². The molecule has 0 aromatic carbocycles. The summed E-state index contributed by atoms with van der Waals surface area (Å²) in [7, 11) is 4.53. The van der Waals surface area contributed by atoms with Crippen molar-refractivity contribution in [3.05, 3.63) is 0 Å². The van der Waals surface area contributed by atoms with Gasteiger partial charge in [-0.1, -0.05) is 20.8 Å². The fourth-order valence-corrected chi connectivity index (χ4v) is 3.02. The maximum atomic E-state index is 3.55. The van der Waals surface area contributed by atoms with Gasteiger partial charge in [0, 0.05) is 25.7 Å². The lowest BCUT2D eigenvalue weighted by Crippen LogP contribution is -2.43. The molecule has 0 saturated carbocycles. The minimum absolute atomic E-state index is 0.362. The van der Waals surface area contributed by atoms with Crippen LogP contribution in [0.25, 0.3) is 0 Å². The summed E-state index contributed by atoms with van der Waals surface area (Å²) in [5, 5.41) is 3.55. The molecular formula is C15H33N3. The highest BCUT2D eigenvalue weighted by Gasteiger charge is 2.25. The van der Waals surface area contributed by atoms with Gasteiger partial charge in [0.1, 0.15) is 0 Å². The summed E-state index contributed by atoms with van der Waals surface area (Å²) in [5.41, 5.74) is 0.362. The summed E-state index contributed by atoms with van der Waals surface area (Å²) in [6.45, 7) is 12.9. The van der Waals surface area contributed by atoms with Crippen molar-refractivity contribution in [2.45, 2.75) is 46.1 Å². The molecular weight excluding hydrogens is 222 g/mol.